The summed E-state index contributed by atoms with van der Waals surface area (Å²) in [5.41, 5.74) is 0.312. The first kappa shape index (κ1) is 14.9. The van der Waals surface area contributed by atoms with Gasteiger partial charge in [-0.3, -0.25) is 4.72 Å². The van der Waals surface area contributed by atoms with E-state index < -0.39 is 15.3 Å². The zero-order chi connectivity index (χ0) is 14.0. The molecule has 1 aliphatic carbocycles. The van der Waals surface area contributed by atoms with Gasteiger partial charge < -0.3 is 5.32 Å². The Kier molecular flexibility index (Phi) is 4.61. The summed E-state index contributed by atoms with van der Waals surface area (Å²) in [5.74, 6) is 0. The normalized spacial score (nSPS) is 17.2. The van der Waals surface area contributed by atoms with E-state index in [1.165, 1.54) is 6.07 Å². The van der Waals surface area contributed by atoms with E-state index in [0.717, 1.165) is 12.8 Å². The second kappa shape index (κ2) is 5.87. The van der Waals surface area contributed by atoms with Crippen molar-refractivity contribution in [3.63, 3.8) is 0 Å². The summed E-state index contributed by atoms with van der Waals surface area (Å²) in [4.78, 5) is 0. The maximum Gasteiger partial charge on any atom is 0.236 e. The predicted octanol–water partition coefficient (Wildman–Crippen LogP) is 2.88. The van der Waals surface area contributed by atoms with Gasteiger partial charge in [0.05, 0.1) is 16.0 Å². The van der Waals surface area contributed by atoms with Crippen molar-refractivity contribution >= 4 is 38.9 Å². The second-order valence-electron chi connectivity index (χ2n) is 4.76. The topological polar surface area (TPSA) is 58.2 Å². The molecule has 0 amide bonds. The van der Waals surface area contributed by atoms with Crippen molar-refractivity contribution in [2.75, 3.05) is 11.3 Å². The van der Waals surface area contributed by atoms with Crippen molar-refractivity contribution < 1.29 is 8.42 Å². The smallest absolute Gasteiger partial charge is 0.236 e. The first-order valence-electron chi connectivity index (χ1n) is 6.08. The van der Waals surface area contributed by atoms with Gasteiger partial charge in [-0.25, -0.2) is 8.42 Å². The Morgan fingerprint density at radius 2 is 2.05 bits per heavy atom. The Balaban J connectivity index is 2.04. The third-order valence-corrected chi connectivity index (χ3v) is 5.28. The molecule has 1 unspecified atom stereocenters. The molecule has 0 saturated heterocycles. The standard InChI is InChI=1S/C12H16Cl2N2O2S/c1-8(7-15-10-3-4-10)19(17,18)16-12-6-9(13)2-5-11(12)14/h2,5-6,8,10,15-16H,3-4,7H2,1H3. The molecule has 4 nitrogen and oxygen atoms in total. The second-order valence-corrected chi connectivity index (χ2v) is 7.71. The molecule has 0 heterocycles. The average molecular weight is 323 g/mol. The van der Waals surface area contributed by atoms with Crippen LogP contribution in [-0.4, -0.2) is 26.3 Å². The quantitative estimate of drug-likeness (QED) is 0.846. The lowest BCUT2D eigenvalue weighted by atomic mass is 10.3. The number of sulfonamides is 1. The van der Waals surface area contributed by atoms with Crippen LogP contribution in [0.1, 0.15) is 19.8 Å². The number of benzene rings is 1. The highest BCUT2D eigenvalue weighted by Gasteiger charge is 2.26. The van der Waals surface area contributed by atoms with Crippen molar-refractivity contribution in [3.8, 4) is 0 Å². The van der Waals surface area contributed by atoms with Gasteiger partial charge in [0.25, 0.3) is 0 Å². The summed E-state index contributed by atoms with van der Waals surface area (Å²) in [5, 5.41) is 3.42. The molecule has 0 spiro atoms. The fourth-order valence-electron chi connectivity index (χ4n) is 1.56. The van der Waals surface area contributed by atoms with Crippen molar-refractivity contribution in [1.29, 1.82) is 0 Å². The number of halogens is 2. The Labute approximate surface area is 123 Å². The fraction of sp³-hybridized carbons (Fsp3) is 0.500. The summed E-state index contributed by atoms with van der Waals surface area (Å²) in [6.07, 6.45) is 2.25. The van der Waals surface area contributed by atoms with Gasteiger partial charge in [-0.1, -0.05) is 23.2 Å². The molecule has 1 saturated carbocycles. The molecular weight excluding hydrogens is 307 g/mol. The minimum Gasteiger partial charge on any atom is -0.313 e. The highest BCUT2D eigenvalue weighted by Crippen LogP contribution is 2.27. The third-order valence-electron chi connectivity index (χ3n) is 2.98. The van der Waals surface area contributed by atoms with Crippen LogP contribution >= 0.6 is 23.2 Å². The van der Waals surface area contributed by atoms with Gasteiger partial charge in [0.15, 0.2) is 0 Å². The molecule has 1 aliphatic rings. The van der Waals surface area contributed by atoms with Crippen molar-refractivity contribution in [3.05, 3.63) is 28.2 Å². The van der Waals surface area contributed by atoms with E-state index in [4.69, 9.17) is 23.2 Å². The molecule has 2 rings (SSSR count). The Morgan fingerprint density at radius 3 is 2.68 bits per heavy atom. The molecule has 1 aromatic carbocycles. The van der Waals surface area contributed by atoms with Crippen LogP contribution in [0.25, 0.3) is 0 Å². The third kappa shape index (κ3) is 4.24. The summed E-state index contributed by atoms with van der Waals surface area (Å²) in [6, 6.07) is 5.16. The molecule has 2 N–H and O–H groups in total. The minimum absolute atomic E-state index is 0.312. The number of anilines is 1. The SMILES string of the molecule is CC(CNC1CC1)S(=O)(=O)Nc1cc(Cl)ccc1Cl. The largest absolute Gasteiger partial charge is 0.313 e. The van der Waals surface area contributed by atoms with Crippen LogP contribution in [0.15, 0.2) is 18.2 Å². The molecular formula is C12H16Cl2N2O2S. The molecule has 0 radical (unpaired) electrons. The lowest BCUT2D eigenvalue weighted by molar-refractivity contribution is 0.576. The van der Waals surface area contributed by atoms with Crippen LogP contribution in [0.3, 0.4) is 0 Å². The zero-order valence-electron chi connectivity index (χ0n) is 10.5. The number of hydrogen-bond donors (Lipinski definition) is 2. The van der Waals surface area contributed by atoms with Crippen molar-refractivity contribution in [2.45, 2.75) is 31.1 Å². The van der Waals surface area contributed by atoms with Gasteiger partial charge in [0.2, 0.25) is 10.0 Å². The maximum atomic E-state index is 12.1. The van der Waals surface area contributed by atoms with E-state index in [2.05, 4.69) is 10.0 Å². The first-order valence-corrected chi connectivity index (χ1v) is 8.39. The van der Waals surface area contributed by atoms with Gasteiger partial charge in [-0.05, 0) is 38.0 Å². The summed E-state index contributed by atoms with van der Waals surface area (Å²) in [7, 11) is -3.48. The van der Waals surface area contributed by atoms with E-state index in [9.17, 15) is 8.42 Å². The van der Waals surface area contributed by atoms with Gasteiger partial charge in [0, 0.05) is 17.6 Å². The summed E-state index contributed by atoms with van der Waals surface area (Å²) < 4.78 is 26.8. The lowest BCUT2D eigenvalue weighted by Crippen LogP contribution is -2.35. The molecule has 7 heteroatoms. The zero-order valence-corrected chi connectivity index (χ0v) is 12.8. The van der Waals surface area contributed by atoms with Crippen LogP contribution in [0.2, 0.25) is 10.0 Å². The highest BCUT2D eigenvalue weighted by atomic mass is 35.5. The van der Waals surface area contributed by atoms with Gasteiger partial charge in [-0.15, -0.1) is 0 Å². The minimum atomic E-state index is -3.48. The molecule has 1 atom stereocenters. The van der Waals surface area contributed by atoms with E-state index >= 15 is 0 Å². The monoisotopic (exact) mass is 322 g/mol. The molecule has 19 heavy (non-hydrogen) atoms. The maximum absolute atomic E-state index is 12.1. The molecule has 0 aromatic heterocycles. The first-order chi connectivity index (χ1) is 8.88. The van der Waals surface area contributed by atoms with E-state index in [1.807, 2.05) is 0 Å². The van der Waals surface area contributed by atoms with E-state index in [-0.39, 0.29) is 0 Å². The van der Waals surface area contributed by atoms with E-state index in [1.54, 1.807) is 19.1 Å². The van der Waals surface area contributed by atoms with Crippen LogP contribution in [0.5, 0.6) is 0 Å². The van der Waals surface area contributed by atoms with Crippen LogP contribution in [0.4, 0.5) is 5.69 Å². The molecule has 0 bridgehead atoms. The van der Waals surface area contributed by atoms with Crippen molar-refractivity contribution in [1.82, 2.24) is 5.32 Å². The Bertz CT molecular complexity index is 559. The predicted molar refractivity (Wildman–Crippen MR) is 79.5 cm³/mol. The fourth-order valence-corrected chi connectivity index (χ4v) is 2.94. The molecule has 1 fully saturated rings. The molecule has 0 aliphatic heterocycles. The summed E-state index contributed by atoms with van der Waals surface area (Å²) >= 11 is 11.8. The Hall–Kier alpha value is -0.490. The van der Waals surface area contributed by atoms with Gasteiger partial charge >= 0.3 is 0 Å². The number of rotatable bonds is 6. The Morgan fingerprint density at radius 1 is 1.37 bits per heavy atom. The average Bonchev–Trinajstić information content (AvgIpc) is 3.14. The van der Waals surface area contributed by atoms with Crippen LogP contribution in [-0.2, 0) is 10.0 Å². The lowest BCUT2D eigenvalue weighted by Gasteiger charge is -2.16. The highest BCUT2D eigenvalue weighted by molar-refractivity contribution is 7.93. The number of hydrogen-bond acceptors (Lipinski definition) is 3. The molecule has 1 aromatic rings. The number of nitrogens with one attached hydrogen (secondary N) is 2. The van der Waals surface area contributed by atoms with Crippen LogP contribution < -0.4 is 10.0 Å². The van der Waals surface area contributed by atoms with Gasteiger partial charge in [0.1, 0.15) is 0 Å². The van der Waals surface area contributed by atoms with E-state index in [0.29, 0.717) is 28.3 Å². The summed E-state index contributed by atoms with van der Waals surface area (Å²) in [6.45, 7) is 2.09. The van der Waals surface area contributed by atoms with Gasteiger partial charge in [-0.2, -0.15) is 0 Å². The molecule has 106 valence electrons. The van der Waals surface area contributed by atoms with Crippen molar-refractivity contribution in [2.24, 2.45) is 0 Å². The van der Waals surface area contributed by atoms with Crippen LogP contribution in [0, 0.1) is 0 Å².